The van der Waals surface area contributed by atoms with E-state index in [-0.39, 0.29) is 5.91 Å². The molecule has 0 fully saturated rings. The predicted octanol–water partition coefficient (Wildman–Crippen LogP) is 3.08. The third-order valence-electron chi connectivity index (χ3n) is 5.10. The molecule has 4 rings (SSSR count). The summed E-state index contributed by atoms with van der Waals surface area (Å²) < 4.78 is 5.63. The van der Waals surface area contributed by atoms with Crippen LogP contribution >= 0.6 is 0 Å². The lowest BCUT2D eigenvalue weighted by Gasteiger charge is -2.10. The highest BCUT2D eigenvalue weighted by atomic mass is 16.5. The molecule has 2 aromatic heterocycles. The number of pyridine rings is 2. The highest BCUT2D eigenvalue weighted by molar-refractivity contribution is 6.06. The number of nitrogen functional groups attached to an aromatic ring is 1. The molecule has 33 heavy (non-hydrogen) atoms. The number of carbonyl (C=O) groups excluding carboxylic acids is 2. The van der Waals surface area contributed by atoms with Crippen molar-refractivity contribution < 1.29 is 14.3 Å². The number of nitrogens with zero attached hydrogens (tertiary/aromatic N) is 2. The van der Waals surface area contributed by atoms with Gasteiger partial charge in [0, 0.05) is 30.3 Å². The second-order valence-corrected chi connectivity index (χ2v) is 7.35. The number of aromatic nitrogens is 2. The molecule has 2 amide bonds. The number of rotatable bonds is 7. The highest BCUT2D eigenvalue weighted by Gasteiger charge is 2.13. The van der Waals surface area contributed by atoms with Crippen molar-refractivity contribution in [2.24, 2.45) is 5.84 Å². The Morgan fingerprint density at radius 1 is 0.970 bits per heavy atom. The Kier molecular flexibility index (Phi) is 6.56. The third kappa shape index (κ3) is 5.13. The van der Waals surface area contributed by atoms with Gasteiger partial charge in [-0.15, -0.1) is 0 Å². The lowest BCUT2D eigenvalue weighted by molar-refractivity contribution is -0.119. The molecular formula is C25H23N5O3. The fourth-order valence-corrected chi connectivity index (χ4v) is 3.46. The Morgan fingerprint density at radius 3 is 2.30 bits per heavy atom. The maximum Gasteiger partial charge on any atom is 0.265 e. The van der Waals surface area contributed by atoms with Crippen molar-refractivity contribution in [1.29, 1.82) is 0 Å². The molecule has 166 valence electrons. The molecule has 0 unspecified atom stereocenters. The molecule has 2 aromatic carbocycles. The average Bonchev–Trinajstić information content (AvgIpc) is 2.86. The lowest BCUT2D eigenvalue weighted by Crippen LogP contribution is -2.30. The van der Waals surface area contributed by atoms with Gasteiger partial charge in [-0.05, 0) is 35.4 Å². The van der Waals surface area contributed by atoms with Gasteiger partial charge in [-0.2, -0.15) is 0 Å². The molecule has 4 aromatic rings. The smallest absolute Gasteiger partial charge is 0.265 e. The Balaban J connectivity index is 1.53. The van der Waals surface area contributed by atoms with Crippen LogP contribution in [-0.4, -0.2) is 34.9 Å². The molecule has 2 heterocycles. The number of amides is 2. The zero-order valence-corrected chi connectivity index (χ0v) is 18.0. The second kappa shape index (κ2) is 9.88. The minimum absolute atomic E-state index is 0.0767. The van der Waals surface area contributed by atoms with E-state index in [0.717, 1.165) is 22.4 Å². The Morgan fingerprint density at radius 2 is 1.64 bits per heavy atom. The number of nitrogens with two attached hydrogens (primary N) is 1. The largest absolute Gasteiger partial charge is 0.492 e. The van der Waals surface area contributed by atoms with Gasteiger partial charge in [0.25, 0.3) is 5.91 Å². The maximum atomic E-state index is 12.3. The van der Waals surface area contributed by atoms with Crippen molar-refractivity contribution in [3.8, 4) is 28.1 Å². The van der Waals surface area contributed by atoms with Gasteiger partial charge in [0.1, 0.15) is 12.4 Å². The summed E-state index contributed by atoms with van der Waals surface area (Å²) in [5.41, 5.74) is 6.89. The standard InChI is InChI=1S/C25H23N5O3/c1-16(31)28-12-13-33-20-8-6-18(7-9-20)17-2-4-19(5-3-17)24-14-21(25(32)30-26)22-15-27-11-10-23(22)29-24/h2-11,14-15H,12-13,26H2,1H3,(H,28,31)(H,30,32). The van der Waals surface area contributed by atoms with Crippen molar-refractivity contribution in [3.05, 3.63) is 78.6 Å². The number of nitrogens with one attached hydrogen (secondary N) is 2. The topological polar surface area (TPSA) is 119 Å². The zero-order valence-electron chi connectivity index (χ0n) is 18.0. The van der Waals surface area contributed by atoms with Gasteiger partial charge >= 0.3 is 0 Å². The number of hydrogen-bond acceptors (Lipinski definition) is 6. The summed E-state index contributed by atoms with van der Waals surface area (Å²) in [5, 5.41) is 3.33. The van der Waals surface area contributed by atoms with Crippen LogP contribution in [0, 0.1) is 0 Å². The number of hydrogen-bond donors (Lipinski definition) is 3. The van der Waals surface area contributed by atoms with Gasteiger partial charge < -0.3 is 10.1 Å². The molecular weight excluding hydrogens is 418 g/mol. The molecule has 4 N–H and O–H groups in total. The van der Waals surface area contributed by atoms with Crippen molar-refractivity contribution in [1.82, 2.24) is 20.7 Å². The first-order valence-electron chi connectivity index (χ1n) is 10.4. The van der Waals surface area contributed by atoms with Crippen LogP contribution in [0.5, 0.6) is 5.75 Å². The minimum Gasteiger partial charge on any atom is -0.492 e. The minimum atomic E-state index is -0.396. The van der Waals surface area contributed by atoms with Gasteiger partial charge in [0.2, 0.25) is 5.91 Å². The summed E-state index contributed by atoms with van der Waals surface area (Å²) in [6, 6.07) is 19.2. The molecule has 0 saturated carbocycles. The molecule has 0 atom stereocenters. The number of benzene rings is 2. The van der Waals surface area contributed by atoms with Gasteiger partial charge in [-0.1, -0.05) is 36.4 Å². The molecule has 0 aliphatic heterocycles. The fraction of sp³-hybridized carbons (Fsp3) is 0.120. The summed E-state index contributed by atoms with van der Waals surface area (Å²) in [4.78, 5) is 31.9. The van der Waals surface area contributed by atoms with Gasteiger partial charge in [-0.3, -0.25) is 20.0 Å². The third-order valence-corrected chi connectivity index (χ3v) is 5.10. The highest BCUT2D eigenvalue weighted by Crippen LogP contribution is 2.28. The quantitative estimate of drug-likeness (QED) is 0.176. The Labute approximate surface area is 190 Å². The number of ether oxygens (including phenoxy) is 1. The number of carbonyl (C=O) groups is 2. The van der Waals surface area contributed by atoms with Crippen LogP contribution in [0.25, 0.3) is 33.3 Å². The van der Waals surface area contributed by atoms with Crippen LogP contribution in [-0.2, 0) is 4.79 Å². The van der Waals surface area contributed by atoms with Crippen molar-refractivity contribution in [3.63, 3.8) is 0 Å². The number of fused-ring (bicyclic) bond motifs is 1. The second-order valence-electron chi connectivity index (χ2n) is 7.35. The molecule has 8 heteroatoms. The predicted molar refractivity (Wildman–Crippen MR) is 126 cm³/mol. The zero-order chi connectivity index (χ0) is 23.2. The van der Waals surface area contributed by atoms with Crippen LogP contribution in [0.1, 0.15) is 17.3 Å². The van der Waals surface area contributed by atoms with Gasteiger partial charge in [0.15, 0.2) is 0 Å². The lowest BCUT2D eigenvalue weighted by atomic mass is 10.0. The summed E-state index contributed by atoms with van der Waals surface area (Å²) in [6.45, 7) is 2.35. The van der Waals surface area contributed by atoms with E-state index < -0.39 is 5.91 Å². The van der Waals surface area contributed by atoms with E-state index in [1.807, 2.05) is 48.5 Å². The van der Waals surface area contributed by atoms with Crippen LogP contribution in [0.15, 0.2) is 73.1 Å². The van der Waals surface area contributed by atoms with E-state index in [4.69, 9.17) is 10.6 Å². The van der Waals surface area contributed by atoms with Crippen LogP contribution in [0.3, 0.4) is 0 Å². The van der Waals surface area contributed by atoms with E-state index in [2.05, 4.69) is 20.7 Å². The summed E-state index contributed by atoms with van der Waals surface area (Å²) in [7, 11) is 0. The molecule has 0 radical (unpaired) electrons. The fourth-order valence-electron chi connectivity index (χ4n) is 3.46. The van der Waals surface area contributed by atoms with Crippen LogP contribution in [0.4, 0.5) is 0 Å². The first-order valence-corrected chi connectivity index (χ1v) is 10.4. The number of hydrazine groups is 1. The van der Waals surface area contributed by atoms with Crippen molar-refractivity contribution in [2.75, 3.05) is 13.2 Å². The SMILES string of the molecule is CC(=O)NCCOc1ccc(-c2ccc(-c3cc(C(=O)NN)c4cnccc4n3)cc2)cc1. The molecule has 0 aliphatic rings. The molecule has 8 nitrogen and oxygen atoms in total. The van der Waals surface area contributed by atoms with E-state index >= 15 is 0 Å². The van der Waals surface area contributed by atoms with Crippen LogP contribution in [0.2, 0.25) is 0 Å². The Hall–Kier alpha value is -4.30. The van der Waals surface area contributed by atoms with E-state index in [1.165, 1.54) is 6.92 Å². The summed E-state index contributed by atoms with van der Waals surface area (Å²) in [5.74, 6) is 5.62. The van der Waals surface area contributed by atoms with Gasteiger partial charge in [0.05, 0.1) is 23.3 Å². The van der Waals surface area contributed by atoms with E-state index in [1.54, 1.807) is 24.5 Å². The average molecular weight is 441 g/mol. The first kappa shape index (κ1) is 21.9. The normalized spacial score (nSPS) is 10.6. The Bertz CT molecular complexity index is 1290. The summed E-state index contributed by atoms with van der Waals surface area (Å²) in [6.07, 6.45) is 3.24. The van der Waals surface area contributed by atoms with E-state index in [0.29, 0.717) is 35.3 Å². The first-order chi connectivity index (χ1) is 16.0. The van der Waals surface area contributed by atoms with Gasteiger partial charge in [-0.25, -0.2) is 10.8 Å². The van der Waals surface area contributed by atoms with E-state index in [9.17, 15) is 9.59 Å². The summed E-state index contributed by atoms with van der Waals surface area (Å²) >= 11 is 0. The molecule has 0 spiro atoms. The maximum absolute atomic E-state index is 12.3. The molecule has 0 bridgehead atoms. The molecule has 0 saturated heterocycles. The molecule has 0 aliphatic carbocycles. The van der Waals surface area contributed by atoms with Crippen molar-refractivity contribution in [2.45, 2.75) is 6.92 Å². The van der Waals surface area contributed by atoms with Crippen molar-refractivity contribution >= 4 is 22.7 Å². The monoisotopic (exact) mass is 441 g/mol. The van der Waals surface area contributed by atoms with Crippen LogP contribution < -0.4 is 21.3 Å².